The van der Waals surface area contributed by atoms with Gasteiger partial charge in [-0.05, 0) is 12.8 Å². The quantitative estimate of drug-likeness (QED) is 0.760. The summed E-state index contributed by atoms with van der Waals surface area (Å²) in [5, 5.41) is 0. The fraction of sp³-hybridized carbons (Fsp3) is 0.375. The Hall–Kier alpha value is -2.30. The van der Waals surface area contributed by atoms with E-state index in [9.17, 15) is 4.79 Å². The summed E-state index contributed by atoms with van der Waals surface area (Å²) in [6.07, 6.45) is 4.53. The zero-order valence-corrected chi connectivity index (χ0v) is 12.2. The molecular formula is C16H21N3O2. The Bertz CT molecular complexity index is 566. The standard InChI is InChI=1S/C16H21N3O2/c1-2-3-5-10-14(21-16(17)20)15-18-11-13(19-15)12-8-6-4-7-9-12/h4,6-9,11,14H,2-3,5,10H2,1H3,(H2,17,20)(H,18,19). The normalized spacial score (nSPS) is 12.0. The Morgan fingerprint density at radius 3 is 2.76 bits per heavy atom. The van der Waals surface area contributed by atoms with E-state index in [1.54, 1.807) is 0 Å². The van der Waals surface area contributed by atoms with Gasteiger partial charge >= 0.3 is 6.09 Å². The number of unbranched alkanes of at least 4 members (excludes halogenated alkanes) is 2. The first-order chi connectivity index (χ1) is 10.2. The molecule has 112 valence electrons. The predicted octanol–water partition coefficient (Wildman–Crippen LogP) is 3.79. The first-order valence-electron chi connectivity index (χ1n) is 7.27. The van der Waals surface area contributed by atoms with Crippen molar-refractivity contribution in [1.29, 1.82) is 0 Å². The number of nitrogens with one attached hydrogen (secondary N) is 1. The van der Waals surface area contributed by atoms with Crippen LogP contribution in [0, 0.1) is 0 Å². The number of aromatic nitrogens is 2. The molecule has 3 N–H and O–H groups in total. The van der Waals surface area contributed by atoms with E-state index in [4.69, 9.17) is 10.5 Å². The Balaban J connectivity index is 2.12. The number of nitrogens with zero attached hydrogens (tertiary/aromatic N) is 1. The number of carbonyl (C=O) groups is 1. The Morgan fingerprint density at radius 2 is 2.10 bits per heavy atom. The van der Waals surface area contributed by atoms with Crippen molar-refractivity contribution in [2.45, 2.75) is 38.7 Å². The lowest BCUT2D eigenvalue weighted by Gasteiger charge is -2.13. The number of primary amides is 1. The number of hydrogen-bond donors (Lipinski definition) is 2. The van der Waals surface area contributed by atoms with Crippen molar-refractivity contribution in [1.82, 2.24) is 9.97 Å². The maximum Gasteiger partial charge on any atom is 0.405 e. The molecule has 1 aromatic carbocycles. The molecule has 5 heteroatoms. The number of nitrogens with two attached hydrogens (primary N) is 1. The molecule has 0 bridgehead atoms. The van der Waals surface area contributed by atoms with Gasteiger partial charge in [-0.2, -0.15) is 0 Å². The molecule has 0 saturated heterocycles. The molecule has 21 heavy (non-hydrogen) atoms. The van der Waals surface area contributed by atoms with Gasteiger partial charge in [0.15, 0.2) is 6.10 Å². The second-order valence-electron chi connectivity index (χ2n) is 4.96. The van der Waals surface area contributed by atoms with E-state index in [1.165, 1.54) is 0 Å². The number of hydrogen-bond acceptors (Lipinski definition) is 3. The molecule has 0 aliphatic rings. The second-order valence-corrected chi connectivity index (χ2v) is 4.96. The average Bonchev–Trinajstić information content (AvgIpc) is 2.97. The fourth-order valence-electron chi connectivity index (χ4n) is 2.23. The predicted molar refractivity (Wildman–Crippen MR) is 81.6 cm³/mol. The molecule has 1 atom stereocenters. The Kier molecular flexibility index (Phi) is 5.37. The van der Waals surface area contributed by atoms with Crippen molar-refractivity contribution in [3.8, 4) is 11.3 Å². The number of benzene rings is 1. The van der Waals surface area contributed by atoms with Gasteiger partial charge in [-0.25, -0.2) is 9.78 Å². The molecule has 1 heterocycles. The van der Waals surface area contributed by atoms with Crippen molar-refractivity contribution in [2.75, 3.05) is 0 Å². The summed E-state index contributed by atoms with van der Waals surface area (Å²) in [7, 11) is 0. The number of ether oxygens (including phenoxy) is 1. The van der Waals surface area contributed by atoms with E-state index < -0.39 is 12.2 Å². The average molecular weight is 287 g/mol. The lowest BCUT2D eigenvalue weighted by atomic mass is 10.1. The van der Waals surface area contributed by atoms with Crippen LogP contribution < -0.4 is 5.73 Å². The molecule has 1 aromatic heterocycles. The van der Waals surface area contributed by atoms with E-state index in [2.05, 4.69) is 16.9 Å². The molecule has 0 aliphatic heterocycles. The highest BCUT2D eigenvalue weighted by atomic mass is 16.6. The lowest BCUT2D eigenvalue weighted by Crippen LogP contribution is -2.18. The van der Waals surface area contributed by atoms with Gasteiger partial charge in [0.25, 0.3) is 0 Å². The highest BCUT2D eigenvalue weighted by molar-refractivity contribution is 5.65. The summed E-state index contributed by atoms with van der Waals surface area (Å²) in [5.74, 6) is 0.642. The Labute approximate surface area is 124 Å². The van der Waals surface area contributed by atoms with Crippen LogP contribution in [-0.2, 0) is 4.74 Å². The highest BCUT2D eigenvalue weighted by Crippen LogP contribution is 2.24. The number of amides is 1. The summed E-state index contributed by atoms with van der Waals surface area (Å²) < 4.78 is 5.18. The van der Waals surface area contributed by atoms with Crippen LogP contribution in [0.1, 0.15) is 44.5 Å². The molecule has 2 rings (SSSR count). The van der Waals surface area contributed by atoms with E-state index in [-0.39, 0.29) is 0 Å². The summed E-state index contributed by atoms with van der Waals surface area (Å²) in [5.41, 5.74) is 7.00. The number of rotatable bonds is 7. The van der Waals surface area contributed by atoms with Crippen LogP contribution in [0.2, 0.25) is 0 Å². The first kappa shape index (κ1) is 15.1. The van der Waals surface area contributed by atoms with Gasteiger partial charge in [0.1, 0.15) is 5.82 Å². The van der Waals surface area contributed by atoms with Gasteiger partial charge in [0.2, 0.25) is 0 Å². The maximum absolute atomic E-state index is 11.1. The highest BCUT2D eigenvalue weighted by Gasteiger charge is 2.18. The minimum absolute atomic E-state index is 0.411. The topological polar surface area (TPSA) is 81.0 Å². The number of imidazole rings is 1. The number of H-pyrrole nitrogens is 1. The third kappa shape index (κ3) is 4.34. The second kappa shape index (κ2) is 7.47. The van der Waals surface area contributed by atoms with Crippen LogP contribution in [0.15, 0.2) is 36.5 Å². The van der Waals surface area contributed by atoms with E-state index >= 15 is 0 Å². The van der Waals surface area contributed by atoms with Crippen LogP contribution in [-0.4, -0.2) is 16.1 Å². The van der Waals surface area contributed by atoms with Gasteiger partial charge in [-0.15, -0.1) is 0 Å². The monoisotopic (exact) mass is 287 g/mol. The molecule has 5 nitrogen and oxygen atoms in total. The molecule has 0 radical (unpaired) electrons. The molecule has 0 saturated carbocycles. The maximum atomic E-state index is 11.1. The summed E-state index contributed by atoms with van der Waals surface area (Å²) in [6, 6.07) is 9.85. The largest absolute Gasteiger partial charge is 0.438 e. The van der Waals surface area contributed by atoms with Crippen molar-refractivity contribution < 1.29 is 9.53 Å². The molecule has 1 unspecified atom stereocenters. The van der Waals surface area contributed by atoms with Crippen LogP contribution >= 0.6 is 0 Å². The zero-order valence-electron chi connectivity index (χ0n) is 12.2. The third-order valence-electron chi connectivity index (χ3n) is 3.30. The van der Waals surface area contributed by atoms with Crippen LogP contribution in [0.4, 0.5) is 4.79 Å². The van der Waals surface area contributed by atoms with Crippen molar-refractivity contribution in [3.63, 3.8) is 0 Å². The van der Waals surface area contributed by atoms with E-state index in [1.807, 2.05) is 36.5 Å². The third-order valence-corrected chi connectivity index (χ3v) is 3.30. The van der Waals surface area contributed by atoms with E-state index in [0.29, 0.717) is 5.82 Å². The van der Waals surface area contributed by atoms with Gasteiger partial charge in [0.05, 0.1) is 5.69 Å². The van der Waals surface area contributed by atoms with Crippen molar-refractivity contribution in [2.24, 2.45) is 5.73 Å². The number of carbonyl (C=O) groups excluding carboxylic acids is 1. The van der Waals surface area contributed by atoms with Gasteiger partial charge < -0.3 is 15.5 Å². The molecule has 0 aliphatic carbocycles. The fourth-order valence-corrected chi connectivity index (χ4v) is 2.23. The molecule has 0 spiro atoms. The van der Waals surface area contributed by atoms with Gasteiger partial charge in [0, 0.05) is 11.8 Å². The van der Waals surface area contributed by atoms with Crippen molar-refractivity contribution >= 4 is 6.09 Å². The van der Waals surface area contributed by atoms with Crippen LogP contribution in [0.3, 0.4) is 0 Å². The smallest absolute Gasteiger partial charge is 0.405 e. The lowest BCUT2D eigenvalue weighted by molar-refractivity contribution is 0.0948. The van der Waals surface area contributed by atoms with E-state index in [0.717, 1.165) is 36.9 Å². The molecular weight excluding hydrogens is 266 g/mol. The summed E-state index contributed by atoms with van der Waals surface area (Å²) >= 11 is 0. The summed E-state index contributed by atoms with van der Waals surface area (Å²) in [6.45, 7) is 2.13. The Morgan fingerprint density at radius 1 is 1.33 bits per heavy atom. The van der Waals surface area contributed by atoms with Crippen LogP contribution in [0.5, 0.6) is 0 Å². The zero-order chi connectivity index (χ0) is 15.1. The molecule has 1 amide bonds. The van der Waals surface area contributed by atoms with Gasteiger partial charge in [-0.1, -0.05) is 50.1 Å². The molecule has 2 aromatic rings. The minimum Gasteiger partial charge on any atom is -0.438 e. The minimum atomic E-state index is -0.769. The first-order valence-corrected chi connectivity index (χ1v) is 7.27. The number of aromatic amines is 1. The SMILES string of the molecule is CCCCCC(OC(N)=O)c1nc(-c2ccccc2)c[nH]1. The summed E-state index contributed by atoms with van der Waals surface area (Å²) in [4.78, 5) is 18.7. The van der Waals surface area contributed by atoms with Crippen LogP contribution in [0.25, 0.3) is 11.3 Å². The van der Waals surface area contributed by atoms with Gasteiger partial charge in [-0.3, -0.25) is 0 Å². The van der Waals surface area contributed by atoms with Crippen molar-refractivity contribution in [3.05, 3.63) is 42.4 Å². The molecule has 0 fully saturated rings.